The van der Waals surface area contributed by atoms with Crippen LogP contribution in [0.25, 0.3) is 10.8 Å². The van der Waals surface area contributed by atoms with Crippen LogP contribution in [0.3, 0.4) is 0 Å². The van der Waals surface area contributed by atoms with E-state index in [1.54, 1.807) is 12.1 Å². The van der Waals surface area contributed by atoms with Crippen molar-refractivity contribution >= 4 is 22.6 Å². The van der Waals surface area contributed by atoms with Gasteiger partial charge in [-0.25, -0.2) is 5.10 Å². The molecule has 2 aromatic rings. The Kier molecular flexibility index (Phi) is 4.68. The molecule has 0 unspecified atom stereocenters. The maximum atomic E-state index is 13.1. The molecular weight excluding hydrogens is 344 g/mol. The monoisotopic (exact) mass is 368 g/mol. The van der Waals surface area contributed by atoms with Crippen LogP contribution in [0, 0.1) is 5.92 Å². The van der Waals surface area contributed by atoms with Crippen LogP contribution in [-0.2, 0) is 9.59 Å². The van der Waals surface area contributed by atoms with Crippen molar-refractivity contribution in [3.8, 4) is 0 Å². The van der Waals surface area contributed by atoms with Crippen LogP contribution in [0.4, 0.5) is 0 Å². The number of hydrogen-bond donors (Lipinski definition) is 1. The molecular formula is C20H24N4O3. The summed E-state index contributed by atoms with van der Waals surface area (Å²) in [7, 11) is 0. The molecule has 1 N–H and O–H groups in total. The molecule has 0 bridgehead atoms. The number of hydrogen-bond acceptors (Lipinski definition) is 4. The Morgan fingerprint density at radius 2 is 1.74 bits per heavy atom. The summed E-state index contributed by atoms with van der Waals surface area (Å²) in [6, 6.07) is 7.21. The van der Waals surface area contributed by atoms with Crippen molar-refractivity contribution < 1.29 is 9.59 Å². The maximum absolute atomic E-state index is 13.1. The Bertz CT molecular complexity index is 934. The van der Waals surface area contributed by atoms with Crippen molar-refractivity contribution in [1.82, 2.24) is 20.0 Å². The molecule has 0 spiro atoms. The average Bonchev–Trinajstić information content (AvgIpc) is 3.54. The second-order valence-electron chi connectivity index (χ2n) is 7.48. The Morgan fingerprint density at radius 1 is 1.07 bits per heavy atom. The molecule has 2 amide bonds. The Labute approximate surface area is 157 Å². The molecule has 2 aliphatic rings. The van der Waals surface area contributed by atoms with Crippen molar-refractivity contribution in [2.45, 2.75) is 32.1 Å². The third-order valence-electron chi connectivity index (χ3n) is 5.55. The van der Waals surface area contributed by atoms with Crippen molar-refractivity contribution in [3.63, 3.8) is 0 Å². The van der Waals surface area contributed by atoms with Gasteiger partial charge in [0.2, 0.25) is 11.8 Å². The standard InChI is InChI=1S/C20H24N4O3/c1-13(17-15-5-2-3-6-16(15)18(25)22-21-17)19(26)23-9-4-10-24(12-11-23)20(27)14-7-8-14/h2-3,5-6,13-14H,4,7-12H2,1H3,(H,22,25)/t13-/m1/s1. The highest BCUT2D eigenvalue weighted by molar-refractivity contribution is 5.91. The molecule has 1 saturated heterocycles. The van der Waals surface area contributed by atoms with Crippen molar-refractivity contribution in [3.05, 3.63) is 40.3 Å². The van der Waals surface area contributed by atoms with Gasteiger partial charge in [-0.2, -0.15) is 5.10 Å². The van der Waals surface area contributed by atoms with Crippen molar-refractivity contribution in [1.29, 1.82) is 0 Å². The lowest BCUT2D eigenvalue weighted by molar-refractivity contribution is -0.134. The lowest BCUT2D eigenvalue weighted by Crippen LogP contribution is -2.39. The normalized spacial score (nSPS) is 19.0. The Morgan fingerprint density at radius 3 is 2.48 bits per heavy atom. The van der Waals surface area contributed by atoms with E-state index in [0.717, 1.165) is 19.3 Å². The fourth-order valence-corrected chi connectivity index (χ4v) is 3.80. The summed E-state index contributed by atoms with van der Waals surface area (Å²) in [5.41, 5.74) is 0.336. The fourth-order valence-electron chi connectivity index (χ4n) is 3.80. The molecule has 7 nitrogen and oxygen atoms in total. The number of H-pyrrole nitrogens is 1. The minimum atomic E-state index is -0.461. The maximum Gasteiger partial charge on any atom is 0.272 e. The van der Waals surface area contributed by atoms with Gasteiger partial charge in [0.15, 0.2) is 0 Å². The molecule has 1 saturated carbocycles. The topological polar surface area (TPSA) is 86.4 Å². The van der Waals surface area contributed by atoms with Crippen molar-refractivity contribution in [2.24, 2.45) is 5.92 Å². The Hall–Kier alpha value is -2.70. The van der Waals surface area contributed by atoms with Crippen molar-refractivity contribution in [2.75, 3.05) is 26.2 Å². The molecule has 2 fully saturated rings. The van der Waals surface area contributed by atoms with Gasteiger partial charge >= 0.3 is 0 Å². The predicted octanol–water partition coefficient (Wildman–Crippen LogP) is 1.50. The molecule has 1 atom stereocenters. The molecule has 1 aromatic heterocycles. The van der Waals surface area contributed by atoms with Crippen LogP contribution in [0.5, 0.6) is 0 Å². The number of fused-ring (bicyclic) bond motifs is 1. The zero-order valence-corrected chi connectivity index (χ0v) is 15.5. The van der Waals surface area contributed by atoms with Gasteiger partial charge in [-0.3, -0.25) is 14.4 Å². The van der Waals surface area contributed by atoms with Crippen LogP contribution >= 0.6 is 0 Å². The highest BCUT2D eigenvalue weighted by atomic mass is 16.2. The van der Waals surface area contributed by atoms with Crippen LogP contribution in [0.1, 0.15) is 37.8 Å². The summed E-state index contributed by atoms with van der Waals surface area (Å²) in [6.07, 6.45) is 2.79. The minimum Gasteiger partial charge on any atom is -0.341 e. The van der Waals surface area contributed by atoms with Gasteiger partial charge in [0, 0.05) is 37.5 Å². The summed E-state index contributed by atoms with van der Waals surface area (Å²) >= 11 is 0. The van der Waals surface area contributed by atoms with Gasteiger partial charge in [-0.1, -0.05) is 18.2 Å². The molecule has 4 rings (SSSR count). The zero-order chi connectivity index (χ0) is 19.0. The number of nitrogens with one attached hydrogen (secondary N) is 1. The first-order chi connectivity index (χ1) is 13.1. The van der Waals surface area contributed by atoms with E-state index in [1.807, 2.05) is 28.9 Å². The smallest absolute Gasteiger partial charge is 0.272 e. The first kappa shape index (κ1) is 17.7. The van der Waals surface area contributed by atoms with Gasteiger partial charge in [0.25, 0.3) is 5.56 Å². The number of carbonyl (C=O) groups excluding carboxylic acids is 2. The second kappa shape index (κ2) is 7.13. The molecule has 1 aliphatic carbocycles. The summed E-state index contributed by atoms with van der Waals surface area (Å²) in [5.74, 6) is -0.0219. The van der Waals surface area contributed by atoms with Gasteiger partial charge in [0.1, 0.15) is 0 Å². The lowest BCUT2D eigenvalue weighted by Gasteiger charge is -2.25. The van der Waals surface area contributed by atoms with E-state index < -0.39 is 5.92 Å². The predicted molar refractivity (Wildman–Crippen MR) is 101 cm³/mol. The van der Waals surface area contributed by atoms with E-state index >= 15 is 0 Å². The summed E-state index contributed by atoms with van der Waals surface area (Å²) in [5, 5.41) is 7.93. The number of amides is 2. The van der Waals surface area contributed by atoms with E-state index in [-0.39, 0.29) is 23.3 Å². The largest absolute Gasteiger partial charge is 0.341 e. The van der Waals surface area contributed by atoms with Crippen LogP contribution in [-0.4, -0.2) is 58.0 Å². The molecule has 0 radical (unpaired) electrons. The van der Waals surface area contributed by atoms with Gasteiger partial charge in [-0.15, -0.1) is 0 Å². The first-order valence-corrected chi connectivity index (χ1v) is 9.61. The molecule has 1 aromatic carbocycles. The zero-order valence-electron chi connectivity index (χ0n) is 15.5. The summed E-state index contributed by atoms with van der Waals surface area (Å²) < 4.78 is 0. The number of nitrogens with zero attached hydrogens (tertiary/aromatic N) is 3. The van der Waals surface area contributed by atoms with E-state index in [0.29, 0.717) is 42.6 Å². The number of benzene rings is 1. The SMILES string of the molecule is C[C@@H](C(=O)N1CCCN(C(=O)C2CC2)CC1)c1n[nH]c(=O)c2ccccc12. The lowest BCUT2D eigenvalue weighted by atomic mass is 10.00. The Balaban J connectivity index is 1.52. The highest BCUT2D eigenvalue weighted by Gasteiger charge is 2.35. The molecule has 7 heteroatoms. The summed E-state index contributed by atoms with van der Waals surface area (Å²) in [4.78, 5) is 41.1. The van der Waals surface area contributed by atoms with Gasteiger partial charge < -0.3 is 9.80 Å². The number of rotatable bonds is 3. The highest BCUT2D eigenvalue weighted by Crippen LogP contribution is 2.31. The molecule has 142 valence electrons. The van der Waals surface area contributed by atoms with Crippen LogP contribution < -0.4 is 5.56 Å². The van der Waals surface area contributed by atoms with E-state index in [9.17, 15) is 14.4 Å². The number of carbonyl (C=O) groups is 2. The average molecular weight is 368 g/mol. The quantitative estimate of drug-likeness (QED) is 0.889. The van der Waals surface area contributed by atoms with E-state index in [4.69, 9.17) is 0 Å². The third kappa shape index (κ3) is 3.46. The van der Waals surface area contributed by atoms with Gasteiger partial charge in [-0.05, 0) is 32.3 Å². The number of aromatic amines is 1. The first-order valence-electron chi connectivity index (χ1n) is 9.61. The third-order valence-corrected chi connectivity index (χ3v) is 5.55. The van der Waals surface area contributed by atoms with Crippen LogP contribution in [0.2, 0.25) is 0 Å². The minimum absolute atomic E-state index is 0.0135. The van der Waals surface area contributed by atoms with E-state index in [2.05, 4.69) is 10.2 Å². The van der Waals surface area contributed by atoms with Gasteiger partial charge in [0.05, 0.1) is 17.0 Å². The number of aromatic nitrogens is 2. The molecule has 2 heterocycles. The molecule has 27 heavy (non-hydrogen) atoms. The second-order valence-corrected chi connectivity index (χ2v) is 7.48. The van der Waals surface area contributed by atoms with Crippen LogP contribution in [0.15, 0.2) is 29.1 Å². The fraction of sp³-hybridized carbons (Fsp3) is 0.500. The molecule has 1 aliphatic heterocycles. The van der Waals surface area contributed by atoms with E-state index in [1.165, 1.54) is 0 Å². The summed E-state index contributed by atoms with van der Waals surface area (Å²) in [6.45, 7) is 4.32.